The van der Waals surface area contributed by atoms with Crippen LogP contribution in [0, 0.1) is 0 Å². The molecule has 0 saturated carbocycles. The molecular formula is C17H28N2O2. The van der Waals surface area contributed by atoms with Crippen LogP contribution >= 0.6 is 0 Å². The summed E-state index contributed by atoms with van der Waals surface area (Å²) in [7, 11) is 1.62. The highest BCUT2D eigenvalue weighted by molar-refractivity contribution is 5.78. The second-order valence-corrected chi connectivity index (χ2v) is 6.32. The minimum Gasteiger partial charge on any atom is -0.383 e. The molecule has 1 atom stereocenters. The van der Waals surface area contributed by atoms with Crippen LogP contribution in [0.25, 0.3) is 0 Å². The van der Waals surface area contributed by atoms with Crippen LogP contribution < -0.4 is 10.6 Å². The van der Waals surface area contributed by atoms with Gasteiger partial charge >= 0.3 is 0 Å². The van der Waals surface area contributed by atoms with Crippen LogP contribution in [0.4, 0.5) is 0 Å². The smallest absolute Gasteiger partial charge is 0.234 e. The quantitative estimate of drug-likeness (QED) is 0.759. The molecule has 0 spiro atoms. The largest absolute Gasteiger partial charge is 0.383 e. The van der Waals surface area contributed by atoms with Crippen molar-refractivity contribution in [3.63, 3.8) is 0 Å². The minimum absolute atomic E-state index is 0.00906. The van der Waals surface area contributed by atoms with Gasteiger partial charge in [0.1, 0.15) is 0 Å². The van der Waals surface area contributed by atoms with Gasteiger partial charge in [-0.15, -0.1) is 0 Å². The lowest BCUT2D eigenvalue weighted by Crippen LogP contribution is -2.36. The van der Waals surface area contributed by atoms with Gasteiger partial charge in [-0.05, 0) is 23.5 Å². The number of carbonyl (C=O) groups is 1. The molecule has 21 heavy (non-hydrogen) atoms. The number of amides is 1. The van der Waals surface area contributed by atoms with Crippen LogP contribution in [0.3, 0.4) is 0 Å². The average molecular weight is 292 g/mol. The van der Waals surface area contributed by atoms with Crippen LogP contribution in [0.1, 0.15) is 44.9 Å². The maximum absolute atomic E-state index is 11.6. The summed E-state index contributed by atoms with van der Waals surface area (Å²) >= 11 is 0. The maximum Gasteiger partial charge on any atom is 0.234 e. The molecule has 0 bridgehead atoms. The molecule has 1 aromatic rings. The Morgan fingerprint density at radius 1 is 1.24 bits per heavy atom. The van der Waals surface area contributed by atoms with Gasteiger partial charge in [0.05, 0.1) is 13.2 Å². The number of rotatable bonds is 7. The van der Waals surface area contributed by atoms with E-state index in [1.165, 1.54) is 11.1 Å². The molecular weight excluding hydrogens is 264 g/mol. The zero-order valence-corrected chi connectivity index (χ0v) is 13.8. The van der Waals surface area contributed by atoms with Crippen molar-refractivity contribution in [1.29, 1.82) is 0 Å². The lowest BCUT2D eigenvalue weighted by molar-refractivity contribution is -0.120. The molecule has 0 heterocycles. The van der Waals surface area contributed by atoms with E-state index in [0.29, 0.717) is 19.7 Å². The Bertz CT molecular complexity index is 435. The second kappa shape index (κ2) is 8.15. The highest BCUT2D eigenvalue weighted by atomic mass is 16.5. The number of hydrogen-bond donors (Lipinski definition) is 2. The van der Waals surface area contributed by atoms with Crippen LogP contribution in [0.15, 0.2) is 24.3 Å². The van der Waals surface area contributed by atoms with E-state index < -0.39 is 0 Å². The third kappa shape index (κ3) is 6.27. The van der Waals surface area contributed by atoms with Crippen molar-refractivity contribution >= 4 is 5.91 Å². The minimum atomic E-state index is -0.00906. The van der Waals surface area contributed by atoms with Gasteiger partial charge in [0.15, 0.2) is 0 Å². The SMILES string of the molecule is COCCNC(=O)CNC(C)c1ccc(C(C)(C)C)cc1. The van der Waals surface area contributed by atoms with E-state index >= 15 is 0 Å². The standard InChI is InChI=1S/C17H28N2O2/c1-13(19-12-16(20)18-10-11-21-5)14-6-8-15(9-7-14)17(2,3)4/h6-9,13,19H,10-12H2,1-5H3,(H,18,20). The lowest BCUT2D eigenvalue weighted by atomic mass is 9.86. The third-order valence-electron chi connectivity index (χ3n) is 3.47. The predicted octanol–water partition coefficient (Wildman–Crippen LogP) is 2.40. The summed E-state index contributed by atoms with van der Waals surface area (Å²) in [5.74, 6) is -0.00906. The number of methoxy groups -OCH3 is 1. The van der Waals surface area contributed by atoms with Gasteiger partial charge < -0.3 is 15.4 Å². The van der Waals surface area contributed by atoms with Gasteiger partial charge in [-0.1, -0.05) is 45.0 Å². The Balaban J connectivity index is 2.45. The highest BCUT2D eigenvalue weighted by Gasteiger charge is 2.14. The number of hydrogen-bond acceptors (Lipinski definition) is 3. The molecule has 0 aliphatic carbocycles. The highest BCUT2D eigenvalue weighted by Crippen LogP contribution is 2.23. The van der Waals surface area contributed by atoms with Crippen molar-refractivity contribution in [2.45, 2.75) is 39.2 Å². The van der Waals surface area contributed by atoms with E-state index in [1.54, 1.807) is 7.11 Å². The van der Waals surface area contributed by atoms with Gasteiger partial charge in [-0.2, -0.15) is 0 Å². The van der Waals surface area contributed by atoms with Crippen molar-refractivity contribution in [3.8, 4) is 0 Å². The first kappa shape index (κ1) is 17.7. The van der Waals surface area contributed by atoms with Crippen molar-refractivity contribution in [1.82, 2.24) is 10.6 Å². The number of benzene rings is 1. The van der Waals surface area contributed by atoms with E-state index in [9.17, 15) is 4.79 Å². The summed E-state index contributed by atoms with van der Waals surface area (Å²) in [6, 6.07) is 8.72. The Morgan fingerprint density at radius 3 is 2.38 bits per heavy atom. The summed E-state index contributed by atoms with van der Waals surface area (Å²) in [6.07, 6.45) is 0. The molecule has 118 valence electrons. The van der Waals surface area contributed by atoms with Gasteiger partial charge in [0.2, 0.25) is 5.91 Å². The normalized spacial score (nSPS) is 13.0. The first-order valence-electron chi connectivity index (χ1n) is 7.44. The van der Waals surface area contributed by atoms with Crippen molar-refractivity contribution in [3.05, 3.63) is 35.4 Å². The molecule has 0 saturated heterocycles. The van der Waals surface area contributed by atoms with E-state index in [-0.39, 0.29) is 17.4 Å². The van der Waals surface area contributed by atoms with Crippen LogP contribution in [-0.4, -0.2) is 32.7 Å². The zero-order chi connectivity index (χ0) is 15.9. The lowest BCUT2D eigenvalue weighted by Gasteiger charge is -2.20. The second-order valence-electron chi connectivity index (χ2n) is 6.32. The third-order valence-corrected chi connectivity index (χ3v) is 3.47. The fourth-order valence-electron chi connectivity index (χ4n) is 1.99. The molecule has 1 aromatic carbocycles. The molecule has 0 aliphatic heterocycles. The zero-order valence-electron chi connectivity index (χ0n) is 13.8. The van der Waals surface area contributed by atoms with Gasteiger partial charge in [0.25, 0.3) is 0 Å². The summed E-state index contributed by atoms with van der Waals surface area (Å²) in [6.45, 7) is 10.1. The molecule has 2 N–H and O–H groups in total. The topological polar surface area (TPSA) is 50.4 Å². The van der Waals surface area contributed by atoms with E-state index in [4.69, 9.17) is 4.74 Å². The van der Waals surface area contributed by atoms with Gasteiger partial charge in [-0.3, -0.25) is 4.79 Å². The molecule has 1 amide bonds. The Morgan fingerprint density at radius 2 is 1.86 bits per heavy atom. The van der Waals surface area contributed by atoms with Crippen molar-refractivity contribution in [2.24, 2.45) is 0 Å². The molecule has 4 heteroatoms. The summed E-state index contributed by atoms with van der Waals surface area (Å²) in [5.41, 5.74) is 2.67. The molecule has 1 unspecified atom stereocenters. The van der Waals surface area contributed by atoms with Gasteiger partial charge in [-0.25, -0.2) is 0 Å². The molecule has 0 fully saturated rings. The maximum atomic E-state index is 11.6. The van der Waals surface area contributed by atoms with Crippen molar-refractivity contribution < 1.29 is 9.53 Å². The van der Waals surface area contributed by atoms with E-state index in [1.807, 2.05) is 0 Å². The fourth-order valence-corrected chi connectivity index (χ4v) is 1.99. The number of carbonyl (C=O) groups excluding carboxylic acids is 1. The van der Waals surface area contributed by atoms with E-state index in [0.717, 1.165) is 0 Å². The Kier molecular flexibility index (Phi) is 6.85. The first-order chi connectivity index (χ1) is 9.84. The Labute approximate surface area is 128 Å². The average Bonchev–Trinajstić information content (AvgIpc) is 2.44. The molecule has 4 nitrogen and oxygen atoms in total. The van der Waals surface area contributed by atoms with Crippen LogP contribution in [0.5, 0.6) is 0 Å². The Hall–Kier alpha value is -1.39. The van der Waals surface area contributed by atoms with Crippen molar-refractivity contribution in [2.75, 3.05) is 26.8 Å². The monoisotopic (exact) mass is 292 g/mol. The summed E-state index contributed by atoms with van der Waals surface area (Å²) in [4.78, 5) is 11.6. The number of nitrogens with one attached hydrogen (secondary N) is 2. The van der Waals surface area contributed by atoms with Crippen LogP contribution in [-0.2, 0) is 14.9 Å². The fraction of sp³-hybridized carbons (Fsp3) is 0.588. The molecule has 0 aliphatic rings. The molecule has 0 aromatic heterocycles. The predicted molar refractivity (Wildman–Crippen MR) is 86.4 cm³/mol. The molecule has 0 radical (unpaired) electrons. The number of ether oxygens (including phenoxy) is 1. The van der Waals surface area contributed by atoms with Crippen LogP contribution in [0.2, 0.25) is 0 Å². The molecule has 1 rings (SSSR count). The van der Waals surface area contributed by atoms with E-state index in [2.05, 4.69) is 62.6 Å². The summed E-state index contributed by atoms with van der Waals surface area (Å²) in [5, 5.41) is 6.02. The van der Waals surface area contributed by atoms with Gasteiger partial charge in [0, 0.05) is 19.7 Å². The summed E-state index contributed by atoms with van der Waals surface area (Å²) < 4.78 is 4.89. The first-order valence-corrected chi connectivity index (χ1v) is 7.44.